The second-order valence-corrected chi connectivity index (χ2v) is 7.07. The van der Waals surface area contributed by atoms with E-state index in [1.54, 1.807) is 0 Å². The van der Waals surface area contributed by atoms with Crippen LogP contribution in [0.3, 0.4) is 0 Å². The van der Waals surface area contributed by atoms with Crippen molar-refractivity contribution in [2.75, 3.05) is 6.61 Å². The first-order valence-electron chi connectivity index (χ1n) is 8.11. The van der Waals surface area contributed by atoms with Crippen molar-refractivity contribution in [3.63, 3.8) is 0 Å². The van der Waals surface area contributed by atoms with Gasteiger partial charge in [0.25, 0.3) is 0 Å². The van der Waals surface area contributed by atoms with Gasteiger partial charge in [0.2, 0.25) is 0 Å². The highest BCUT2D eigenvalue weighted by atomic mass is 16.7. The molecule has 0 saturated carbocycles. The molecule has 2 fully saturated rings. The molecule has 2 aliphatic rings. The lowest BCUT2D eigenvalue weighted by Gasteiger charge is -2.32. The average molecular weight is 304 g/mol. The Hall–Kier alpha value is -1.04. The highest BCUT2D eigenvalue weighted by Crippen LogP contribution is 2.36. The molecule has 2 aliphatic heterocycles. The molecule has 2 heterocycles. The first-order chi connectivity index (χ1) is 10.4. The molecule has 22 heavy (non-hydrogen) atoms. The standard InChI is InChI=1S/C17H25BO4/c1-16(2)17(3,4)22-18(21-16)13-8-10-14(11-9-13)20-15-7-5-6-12-19-15/h8-11,15H,5-7,12H2,1-4H3. The van der Waals surface area contributed by atoms with Crippen molar-refractivity contribution in [1.29, 1.82) is 0 Å². The van der Waals surface area contributed by atoms with Crippen LogP contribution in [0.1, 0.15) is 47.0 Å². The molecule has 5 heteroatoms. The molecule has 0 aromatic heterocycles. The van der Waals surface area contributed by atoms with Crippen LogP contribution in [0.2, 0.25) is 0 Å². The Kier molecular flexibility index (Phi) is 4.23. The summed E-state index contributed by atoms with van der Waals surface area (Å²) in [5, 5.41) is 0. The van der Waals surface area contributed by atoms with E-state index in [9.17, 15) is 0 Å². The summed E-state index contributed by atoms with van der Waals surface area (Å²) < 4.78 is 23.6. The average Bonchev–Trinajstić information content (AvgIpc) is 2.69. The molecule has 0 spiro atoms. The molecule has 3 rings (SSSR count). The number of hydrogen-bond donors (Lipinski definition) is 0. The predicted molar refractivity (Wildman–Crippen MR) is 86.4 cm³/mol. The molecular weight excluding hydrogens is 279 g/mol. The molecule has 1 atom stereocenters. The van der Waals surface area contributed by atoms with Gasteiger partial charge >= 0.3 is 7.12 Å². The highest BCUT2D eigenvalue weighted by Gasteiger charge is 2.51. The Labute approximate surface area is 133 Å². The van der Waals surface area contributed by atoms with E-state index >= 15 is 0 Å². The van der Waals surface area contributed by atoms with Crippen molar-refractivity contribution in [3.8, 4) is 5.75 Å². The molecule has 1 aromatic carbocycles. The summed E-state index contributed by atoms with van der Waals surface area (Å²) in [5.74, 6) is 0.826. The lowest BCUT2D eigenvalue weighted by molar-refractivity contribution is -0.105. The van der Waals surface area contributed by atoms with Gasteiger partial charge in [-0.25, -0.2) is 0 Å². The third kappa shape index (κ3) is 3.17. The van der Waals surface area contributed by atoms with Gasteiger partial charge in [0.1, 0.15) is 5.75 Å². The normalized spacial score (nSPS) is 26.9. The van der Waals surface area contributed by atoms with Gasteiger partial charge in [-0.05, 0) is 58.1 Å². The Morgan fingerprint density at radius 3 is 2.18 bits per heavy atom. The van der Waals surface area contributed by atoms with Crippen molar-refractivity contribution in [2.45, 2.75) is 64.4 Å². The maximum absolute atomic E-state index is 6.05. The molecule has 1 aromatic rings. The number of hydrogen-bond acceptors (Lipinski definition) is 4. The van der Waals surface area contributed by atoms with Crippen molar-refractivity contribution < 1.29 is 18.8 Å². The zero-order chi connectivity index (χ0) is 15.8. The van der Waals surface area contributed by atoms with Crippen LogP contribution in [0, 0.1) is 0 Å². The maximum atomic E-state index is 6.05. The van der Waals surface area contributed by atoms with Gasteiger partial charge in [0, 0.05) is 6.42 Å². The molecular formula is C17H25BO4. The topological polar surface area (TPSA) is 36.9 Å². The number of rotatable bonds is 3. The Balaban J connectivity index is 1.65. The smallest absolute Gasteiger partial charge is 0.465 e. The molecule has 0 N–H and O–H groups in total. The Morgan fingerprint density at radius 2 is 1.64 bits per heavy atom. The van der Waals surface area contributed by atoms with Crippen molar-refractivity contribution >= 4 is 12.6 Å². The Bertz CT molecular complexity index is 490. The van der Waals surface area contributed by atoms with Crippen LogP contribution in [-0.4, -0.2) is 31.2 Å². The largest absolute Gasteiger partial charge is 0.494 e. The molecule has 0 aliphatic carbocycles. The molecule has 2 saturated heterocycles. The summed E-state index contributed by atoms with van der Waals surface area (Å²) in [7, 11) is -0.329. The maximum Gasteiger partial charge on any atom is 0.494 e. The third-order valence-electron chi connectivity index (χ3n) is 4.81. The van der Waals surface area contributed by atoms with Gasteiger partial charge in [-0.2, -0.15) is 0 Å². The predicted octanol–water partition coefficient (Wildman–Crippen LogP) is 2.89. The number of benzene rings is 1. The lowest BCUT2D eigenvalue weighted by Crippen LogP contribution is -2.41. The lowest BCUT2D eigenvalue weighted by atomic mass is 9.79. The van der Waals surface area contributed by atoms with E-state index in [4.69, 9.17) is 18.8 Å². The van der Waals surface area contributed by atoms with Crippen molar-refractivity contribution in [1.82, 2.24) is 0 Å². The summed E-state index contributed by atoms with van der Waals surface area (Å²) in [5.41, 5.74) is 0.376. The molecule has 120 valence electrons. The number of ether oxygens (including phenoxy) is 2. The zero-order valence-corrected chi connectivity index (χ0v) is 13.9. The van der Waals surface area contributed by atoms with E-state index in [0.717, 1.165) is 37.1 Å². The van der Waals surface area contributed by atoms with Crippen LogP contribution in [0.5, 0.6) is 5.75 Å². The van der Waals surface area contributed by atoms with Gasteiger partial charge in [-0.1, -0.05) is 12.1 Å². The van der Waals surface area contributed by atoms with Crippen molar-refractivity contribution in [3.05, 3.63) is 24.3 Å². The first kappa shape index (κ1) is 15.8. The van der Waals surface area contributed by atoms with E-state index in [2.05, 4.69) is 27.7 Å². The van der Waals surface area contributed by atoms with Crippen LogP contribution in [0.25, 0.3) is 0 Å². The molecule has 4 nitrogen and oxygen atoms in total. The third-order valence-corrected chi connectivity index (χ3v) is 4.81. The molecule has 0 radical (unpaired) electrons. The van der Waals surface area contributed by atoms with Crippen LogP contribution in [0.4, 0.5) is 0 Å². The summed E-state index contributed by atoms with van der Waals surface area (Å²) in [4.78, 5) is 0. The molecule has 0 amide bonds. The van der Waals surface area contributed by atoms with E-state index in [1.165, 1.54) is 0 Å². The second kappa shape index (κ2) is 5.87. The van der Waals surface area contributed by atoms with Crippen LogP contribution >= 0.6 is 0 Å². The van der Waals surface area contributed by atoms with Crippen molar-refractivity contribution in [2.24, 2.45) is 0 Å². The zero-order valence-electron chi connectivity index (χ0n) is 13.9. The van der Waals surface area contributed by atoms with E-state index in [-0.39, 0.29) is 24.6 Å². The van der Waals surface area contributed by atoms with Gasteiger partial charge in [-0.3, -0.25) is 0 Å². The fourth-order valence-electron chi connectivity index (χ4n) is 2.64. The van der Waals surface area contributed by atoms with E-state index in [0.29, 0.717) is 0 Å². The minimum atomic E-state index is -0.329. The Morgan fingerprint density at radius 1 is 1.00 bits per heavy atom. The summed E-state index contributed by atoms with van der Waals surface area (Å²) in [6.07, 6.45) is 3.13. The van der Waals surface area contributed by atoms with Crippen LogP contribution in [-0.2, 0) is 14.0 Å². The summed E-state index contributed by atoms with van der Waals surface area (Å²) in [6, 6.07) is 7.91. The monoisotopic (exact) mass is 304 g/mol. The molecule has 1 unspecified atom stereocenters. The van der Waals surface area contributed by atoms with Crippen LogP contribution < -0.4 is 10.2 Å². The quantitative estimate of drug-likeness (QED) is 0.805. The highest BCUT2D eigenvalue weighted by molar-refractivity contribution is 6.62. The fraction of sp³-hybridized carbons (Fsp3) is 0.647. The first-order valence-corrected chi connectivity index (χ1v) is 8.11. The minimum Gasteiger partial charge on any atom is -0.465 e. The van der Waals surface area contributed by atoms with E-state index in [1.807, 2.05) is 24.3 Å². The van der Waals surface area contributed by atoms with Gasteiger partial charge in [-0.15, -0.1) is 0 Å². The summed E-state index contributed by atoms with van der Waals surface area (Å²) >= 11 is 0. The summed E-state index contributed by atoms with van der Waals surface area (Å²) in [6.45, 7) is 9.03. The second-order valence-electron chi connectivity index (χ2n) is 7.07. The molecule has 0 bridgehead atoms. The van der Waals surface area contributed by atoms with Gasteiger partial charge in [0.15, 0.2) is 6.29 Å². The van der Waals surface area contributed by atoms with Gasteiger partial charge < -0.3 is 18.8 Å². The fourth-order valence-corrected chi connectivity index (χ4v) is 2.64. The minimum absolute atomic E-state index is 0.114. The van der Waals surface area contributed by atoms with E-state index < -0.39 is 0 Å². The van der Waals surface area contributed by atoms with Gasteiger partial charge in [0.05, 0.1) is 17.8 Å². The van der Waals surface area contributed by atoms with Crippen LogP contribution in [0.15, 0.2) is 24.3 Å². The SMILES string of the molecule is CC1(C)OB(c2ccc(OC3CCCCO3)cc2)OC1(C)C.